The monoisotopic (exact) mass is 359 g/mol. The van der Waals surface area contributed by atoms with Crippen molar-refractivity contribution in [2.24, 2.45) is 0 Å². The molecule has 0 fully saturated rings. The molecule has 4 rings (SSSR count). The third-order valence-corrected chi connectivity index (χ3v) is 5.64. The average Bonchev–Trinajstić information content (AvgIpc) is 3.23. The number of aryl methyl sites for hydroxylation is 2. The molecule has 1 amide bonds. The first-order valence-electron chi connectivity index (χ1n) is 8.20. The molecule has 3 aromatic heterocycles. The number of furan rings is 1. The molecule has 3 heterocycles. The van der Waals surface area contributed by atoms with Gasteiger partial charge in [-0.15, -0.1) is 11.3 Å². The van der Waals surface area contributed by atoms with Gasteiger partial charge in [-0.3, -0.25) is 19.1 Å². The van der Waals surface area contributed by atoms with Gasteiger partial charge in [-0.1, -0.05) is 0 Å². The van der Waals surface area contributed by atoms with E-state index in [9.17, 15) is 14.4 Å². The van der Waals surface area contributed by atoms with Crippen LogP contribution in [0.15, 0.2) is 32.4 Å². The summed E-state index contributed by atoms with van der Waals surface area (Å²) in [4.78, 5) is 41.7. The zero-order valence-electron chi connectivity index (χ0n) is 13.5. The maximum absolute atomic E-state index is 12.8. The van der Waals surface area contributed by atoms with E-state index in [1.807, 2.05) is 0 Å². The van der Waals surface area contributed by atoms with E-state index in [0.29, 0.717) is 16.0 Å². The summed E-state index contributed by atoms with van der Waals surface area (Å²) in [7, 11) is 0. The Morgan fingerprint density at radius 1 is 1.32 bits per heavy atom. The first kappa shape index (κ1) is 15.9. The maximum atomic E-state index is 12.8. The predicted molar refractivity (Wildman–Crippen MR) is 93.9 cm³/mol. The van der Waals surface area contributed by atoms with Crippen LogP contribution in [0.5, 0.6) is 0 Å². The Labute approximate surface area is 146 Å². The summed E-state index contributed by atoms with van der Waals surface area (Å²) in [6, 6.07) is 3.47. The number of aromatic amines is 1. The SMILES string of the molecule is O=C(Cn1c(=O)[nH]c2sc3c(c2c1=O)CCCC3)NCc1ccco1. The molecule has 7 nitrogen and oxygen atoms in total. The summed E-state index contributed by atoms with van der Waals surface area (Å²) in [5, 5.41) is 3.22. The van der Waals surface area contributed by atoms with Gasteiger partial charge < -0.3 is 9.73 Å². The van der Waals surface area contributed by atoms with Crippen molar-refractivity contribution >= 4 is 27.5 Å². The molecule has 0 aliphatic heterocycles. The second-order valence-corrected chi connectivity index (χ2v) is 7.20. The molecule has 0 saturated heterocycles. The van der Waals surface area contributed by atoms with Crippen LogP contribution in [0.1, 0.15) is 29.0 Å². The molecule has 0 radical (unpaired) electrons. The van der Waals surface area contributed by atoms with Gasteiger partial charge in [0.15, 0.2) is 0 Å². The molecule has 130 valence electrons. The summed E-state index contributed by atoms with van der Waals surface area (Å²) in [5.74, 6) is 0.199. The normalized spacial score (nSPS) is 13.8. The smallest absolute Gasteiger partial charge is 0.329 e. The van der Waals surface area contributed by atoms with E-state index in [0.717, 1.165) is 35.8 Å². The molecule has 1 aliphatic carbocycles. The Bertz CT molecular complexity index is 1040. The summed E-state index contributed by atoms with van der Waals surface area (Å²) >= 11 is 1.48. The van der Waals surface area contributed by atoms with E-state index >= 15 is 0 Å². The quantitative estimate of drug-likeness (QED) is 0.738. The molecule has 0 saturated carbocycles. The molecule has 25 heavy (non-hydrogen) atoms. The van der Waals surface area contributed by atoms with Gasteiger partial charge in [0.1, 0.15) is 17.1 Å². The van der Waals surface area contributed by atoms with Crippen molar-refractivity contribution in [1.29, 1.82) is 0 Å². The van der Waals surface area contributed by atoms with E-state index in [2.05, 4.69) is 10.3 Å². The lowest BCUT2D eigenvalue weighted by molar-refractivity contribution is -0.122. The standard InChI is InChI=1S/C17H17N3O4S/c21-13(18-8-10-4-3-7-24-10)9-20-16(22)14-11-5-1-2-6-12(11)25-15(14)19-17(20)23/h3-4,7H,1-2,5-6,8-9H2,(H,18,21)(H,19,23). The fourth-order valence-corrected chi connectivity index (χ4v) is 4.48. The van der Waals surface area contributed by atoms with Gasteiger partial charge in [0.2, 0.25) is 5.91 Å². The van der Waals surface area contributed by atoms with E-state index in [-0.39, 0.29) is 18.6 Å². The number of thiophene rings is 1. The number of nitrogens with zero attached hydrogens (tertiary/aromatic N) is 1. The number of rotatable bonds is 4. The van der Waals surface area contributed by atoms with E-state index in [4.69, 9.17) is 4.42 Å². The number of hydrogen-bond acceptors (Lipinski definition) is 5. The van der Waals surface area contributed by atoms with Crippen LogP contribution >= 0.6 is 11.3 Å². The van der Waals surface area contributed by atoms with Crippen molar-refractivity contribution in [2.45, 2.75) is 38.8 Å². The van der Waals surface area contributed by atoms with Gasteiger partial charge in [-0.05, 0) is 43.4 Å². The lowest BCUT2D eigenvalue weighted by atomic mass is 9.97. The summed E-state index contributed by atoms with van der Waals surface area (Å²) in [6.45, 7) is -0.0932. The van der Waals surface area contributed by atoms with Gasteiger partial charge in [0.05, 0.1) is 18.2 Å². The molecule has 0 atom stereocenters. The molecular weight excluding hydrogens is 342 g/mol. The Balaban J connectivity index is 1.64. The average molecular weight is 359 g/mol. The highest BCUT2D eigenvalue weighted by atomic mass is 32.1. The number of amides is 1. The summed E-state index contributed by atoms with van der Waals surface area (Å²) in [5.41, 5.74) is 0.104. The molecule has 8 heteroatoms. The second-order valence-electron chi connectivity index (χ2n) is 6.09. The number of nitrogens with one attached hydrogen (secondary N) is 2. The number of H-pyrrole nitrogens is 1. The van der Waals surface area contributed by atoms with Gasteiger partial charge in [-0.25, -0.2) is 4.79 Å². The van der Waals surface area contributed by atoms with Crippen molar-refractivity contribution < 1.29 is 9.21 Å². The third kappa shape index (κ3) is 2.93. The first-order chi connectivity index (χ1) is 12.1. The zero-order valence-corrected chi connectivity index (χ0v) is 14.3. The first-order valence-corrected chi connectivity index (χ1v) is 9.01. The minimum absolute atomic E-state index is 0.217. The number of hydrogen-bond donors (Lipinski definition) is 2. The topological polar surface area (TPSA) is 97.1 Å². The summed E-state index contributed by atoms with van der Waals surface area (Å²) < 4.78 is 6.11. The Morgan fingerprint density at radius 2 is 2.16 bits per heavy atom. The zero-order chi connectivity index (χ0) is 17.4. The minimum Gasteiger partial charge on any atom is -0.467 e. The number of carbonyl (C=O) groups is 1. The van der Waals surface area contributed by atoms with Crippen LogP contribution in [0.2, 0.25) is 0 Å². The minimum atomic E-state index is -0.552. The fourth-order valence-electron chi connectivity index (χ4n) is 3.21. The van der Waals surface area contributed by atoms with Crippen molar-refractivity contribution in [3.05, 3.63) is 55.4 Å². The molecule has 0 aromatic carbocycles. The van der Waals surface area contributed by atoms with Crippen molar-refractivity contribution in [3.8, 4) is 0 Å². The van der Waals surface area contributed by atoms with Gasteiger partial charge in [0.25, 0.3) is 5.56 Å². The van der Waals surface area contributed by atoms with E-state index in [1.54, 1.807) is 12.1 Å². The Hall–Kier alpha value is -2.61. The van der Waals surface area contributed by atoms with Gasteiger partial charge >= 0.3 is 5.69 Å². The Morgan fingerprint density at radius 3 is 2.96 bits per heavy atom. The molecular formula is C17H17N3O4S. The molecule has 2 N–H and O–H groups in total. The molecule has 0 unspecified atom stereocenters. The van der Waals surface area contributed by atoms with Crippen molar-refractivity contribution in [2.75, 3.05) is 0 Å². The van der Waals surface area contributed by atoms with Gasteiger partial charge in [0, 0.05) is 4.88 Å². The number of aromatic nitrogens is 2. The molecule has 0 spiro atoms. The van der Waals surface area contributed by atoms with Crippen molar-refractivity contribution in [3.63, 3.8) is 0 Å². The lowest BCUT2D eigenvalue weighted by Gasteiger charge is -2.10. The molecule has 0 bridgehead atoms. The van der Waals surface area contributed by atoms with E-state index < -0.39 is 11.6 Å². The largest absolute Gasteiger partial charge is 0.467 e. The fraction of sp³-hybridized carbons (Fsp3) is 0.353. The van der Waals surface area contributed by atoms with Gasteiger partial charge in [-0.2, -0.15) is 0 Å². The highest BCUT2D eigenvalue weighted by Gasteiger charge is 2.21. The number of carbonyl (C=O) groups excluding carboxylic acids is 1. The maximum Gasteiger partial charge on any atom is 0.329 e. The van der Waals surface area contributed by atoms with Crippen molar-refractivity contribution in [1.82, 2.24) is 14.9 Å². The highest BCUT2D eigenvalue weighted by Crippen LogP contribution is 2.32. The van der Waals surface area contributed by atoms with Crippen LogP contribution in [-0.4, -0.2) is 15.5 Å². The van der Waals surface area contributed by atoms with Crippen LogP contribution in [0.4, 0.5) is 0 Å². The number of fused-ring (bicyclic) bond motifs is 3. The van der Waals surface area contributed by atoms with E-state index in [1.165, 1.54) is 22.5 Å². The molecule has 1 aliphatic rings. The third-order valence-electron chi connectivity index (χ3n) is 4.44. The summed E-state index contributed by atoms with van der Waals surface area (Å²) in [6.07, 6.45) is 5.46. The van der Waals surface area contributed by atoms with Crippen LogP contribution in [0.25, 0.3) is 10.2 Å². The lowest BCUT2D eigenvalue weighted by Crippen LogP contribution is -2.40. The van der Waals surface area contributed by atoms with Crippen LogP contribution < -0.4 is 16.6 Å². The second kappa shape index (κ2) is 6.36. The highest BCUT2D eigenvalue weighted by molar-refractivity contribution is 7.18. The van der Waals surface area contributed by atoms with Crippen LogP contribution in [0.3, 0.4) is 0 Å². The van der Waals surface area contributed by atoms with Crippen LogP contribution in [-0.2, 0) is 30.7 Å². The molecule has 3 aromatic rings. The van der Waals surface area contributed by atoms with Crippen LogP contribution in [0, 0.1) is 0 Å². The Kier molecular flexibility index (Phi) is 4.04. The predicted octanol–water partition coefficient (Wildman–Crippen LogP) is 1.54.